The number of anilines is 1. The van der Waals surface area contributed by atoms with Crippen LogP contribution in [-0.2, 0) is 21.9 Å². The summed E-state index contributed by atoms with van der Waals surface area (Å²) in [6, 6.07) is 13.1. The predicted octanol–water partition coefficient (Wildman–Crippen LogP) is 7.96. The first-order valence-electron chi connectivity index (χ1n) is 18.2. The van der Waals surface area contributed by atoms with Gasteiger partial charge in [-0.15, -0.1) is 0 Å². The number of ketones is 2. The lowest BCUT2D eigenvalue weighted by Gasteiger charge is -2.55. The molecule has 0 aliphatic heterocycles. The molecular formula is C43H48N2O6S. The molecule has 4 N–H and O–H groups in total. The van der Waals surface area contributed by atoms with Crippen LogP contribution in [0.5, 0.6) is 11.5 Å². The van der Waals surface area contributed by atoms with Crippen LogP contribution >= 0.6 is 0 Å². The number of fused-ring (bicyclic) bond motifs is 5. The second-order valence-corrected chi connectivity index (χ2v) is 18.4. The largest absolute Gasteiger partial charge is 0.507 e. The number of rotatable bonds is 7. The minimum atomic E-state index is -3.90. The van der Waals surface area contributed by atoms with E-state index in [0.717, 1.165) is 37.7 Å². The molecule has 4 aliphatic carbocycles. The molecular weight excluding hydrogens is 673 g/mol. The number of nitrogens with one attached hydrogen (secondary N) is 1. The molecule has 4 atom stereocenters. The van der Waals surface area contributed by atoms with Crippen molar-refractivity contribution in [2.45, 2.75) is 89.7 Å². The highest BCUT2D eigenvalue weighted by molar-refractivity contribution is 7.91. The average molecular weight is 721 g/mol. The maximum absolute atomic E-state index is 14.1. The number of hydrogen-bond donors (Lipinski definition) is 3. The Morgan fingerprint density at radius 2 is 1.73 bits per heavy atom. The summed E-state index contributed by atoms with van der Waals surface area (Å²) in [6.07, 6.45) is 13.0. The minimum absolute atomic E-state index is 0.0169. The van der Waals surface area contributed by atoms with Crippen molar-refractivity contribution in [3.8, 4) is 11.5 Å². The van der Waals surface area contributed by atoms with Crippen LogP contribution in [0.1, 0.15) is 120 Å². The molecule has 52 heavy (non-hydrogen) atoms. The Balaban J connectivity index is 1.09. The van der Waals surface area contributed by atoms with E-state index in [2.05, 4.69) is 50.6 Å². The number of allylic oxidation sites excluding steroid dienone is 3. The molecule has 3 aromatic rings. The summed E-state index contributed by atoms with van der Waals surface area (Å²) in [5, 5.41) is 10.9. The van der Waals surface area contributed by atoms with Gasteiger partial charge in [-0.05, 0) is 97.1 Å². The summed E-state index contributed by atoms with van der Waals surface area (Å²) in [6.45, 7) is 12.9. The Labute approximate surface area is 306 Å². The van der Waals surface area contributed by atoms with Gasteiger partial charge in [0, 0.05) is 23.7 Å². The molecule has 0 heterocycles. The number of carbonyl (C=O) groups is 2. The van der Waals surface area contributed by atoms with E-state index in [1.807, 2.05) is 6.92 Å². The van der Waals surface area contributed by atoms with Gasteiger partial charge < -0.3 is 15.6 Å². The summed E-state index contributed by atoms with van der Waals surface area (Å²) in [7, 11) is -3.90. The predicted molar refractivity (Wildman–Crippen MR) is 205 cm³/mol. The van der Waals surface area contributed by atoms with Crippen molar-refractivity contribution in [1.29, 1.82) is 0 Å². The van der Waals surface area contributed by atoms with Crippen LogP contribution in [0.25, 0.3) is 0 Å². The fourth-order valence-electron chi connectivity index (χ4n) is 9.22. The molecule has 272 valence electrons. The van der Waals surface area contributed by atoms with Gasteiger partial charge in [0.25, 0.3) is 0 Å². The van der Waals surface area contributed by atoms with Gasteiger partial charge >= 0.3 is 0 Å². The zero-order chi connectivity index (χ0) is 37.4. The van der Waals surface area contributed by atoms with Gasteiger partial charge in [0.2, 0.25) is 10.0 Å². The number of aromatic hydroxyl groups is 1. The first-order chi connectivity index (χ1) is 24.5. The number of phenolic OH excluding ortho intramolecular Hbond substituents is 1. The number of nitrogen functional groups attached to an aromatic ring is 1. The first-order valence-corrected chi connectivity index (χ1v) is 19.7. The van der Waals surface area contributed by atoms with Crippen LogP contribution < -0.4 is 15.2 Å². The highest BCUT2D eigenvalue weighted by Crippen LogP contribution is 2.57. The number of nitrogens with two attached hydrogens (primary N) is 1. The molecule has 0 spiro atoms. The third-order valence-electron chi connectivity index (χ3n) is 12.3. The molecule has 4 aliphatic rings. The van der Waals surface area contributed by atoms with Gasteiger partial charge in [-0.2, -0.15) is 0 Å². The molecule has 8 nitrogen and oxygen atoms in total. The lowest BCUT2D eigenvalue weighted by molar-refractivity contribution is 0.0298. The molecule has 0 radical (unpaired) electrons. The van der Waals surface area contributed by atoms with E-state index in [0.29, 0.717) is 18.4 Å². The average Bonchev–Trinajstić information content (AvgIpc) is 3.29. The molecule has 9 heteroatoms. The molecule has 0 aromatic heterocycles. The number of ether oxygens (including phenoxy) is 1. The standard InChI is InChI=1S/C43H48N2O6S/c1-25(2)27-11-14-32-28(22-27)12-15-35-41(4,17-8-19-43(32,35)6)24-45-52(49,50)42(5)18-7-9-29(16-20-42)51-34-23-33(46)36-37(38(34)44)39(47)30-13-10-26(3)21-31(30)40(36)48/h7,9-11,13-14,16,18,20-23,25,35,45-46H,8,12,15,17,19,24,44H2,1-6H3. The third kappa shape index (κ3) is 5.73. The van der Waals surface area contributed by atoms with Gasteiger partial charge in [-0.3, -0.25) is 9.59 Å². The van der Waals surface area contributed by atoms with E-state index in [9.17, 15) is 23.1 Å². The Kier molecular flexibility index (Phi) is 8.69. The zero-order valence-electron chi connectivity index (χ0n) is 30.8. The first kappa shape index (κ1) is 35.9. The molecule has 0 bridgehead atoms. The molecule has 1 fully saturated rings. The van der Waals surface area contributed by atoms with Gasteiger partial charge in [-0.25, -0.2) is 13.1 Å². The molecule has 0 saturated heterocycles. The van der Waals surface area contributed by atoms with Crippen molar-refractivity contribution in [1.82, 2.24) is 4.72 Å². The number of sulfonamides is 1. The van der Waals surface area contributed by atoms with E-state index in [-0.39, 0.29) is 50.3 Å². The Morgan fingerprint density at radius 1 is 0.981 bits per heavy atom. The van der Waals surface area contributed by atoms with Gasteiger partial charge in [0.15, 0.2) is 17.3 Å². The Morgan fingerprint density at radius 3 is 2.48 bits per heavy atom. The number of hydrogen-bond acceptors (Lipinski definition) is 7. The topological polar surface area (TPSA) is 136 Å². The van der Waals surface area contributed by atoms with Crippen LogP contribution in [0.15, 0.2) is 78.6 Å². The van der Waals surface area contributed by atoms with E-state index in [1.54, 1.807) is 55.5 Å². The summed E-state index contributed by atoms with van der Waals surface area (Å²) >= 11 is 0. The normalized spacial score (nSPS) is 26.6. The van der Waals surface area contributed by atoms with E-state index < -0.39 is 32.1 Å². The molecule has 1 saturated carbocycles. The van der Waals surface area contributed by atoms with Crippen molar-refractivity contribution in [3.63, 3.8) is 0 Å². The second-order valence-electron chi connectivity index (χ2n) is 16.2. The number of aryl methyl sites for hydroxylation is 2. The fourth-order valence-corrected chi connectivity index (χ4v) is 10.6. The van der Waals surface area contributed by atoms with Crippen LogP contribution in [0, 0.1) is 18.3 Å². The Bertz CT molecular complexity index is 2230. The van der Waals surface area contributed by atoms with Crippen molar-refractivity contribution in [3.05, 3.63) is 123 Å². The minimum Gasteiger partial charge on any atom is -0.507 e. The summed E-state index contributed by atoms with van der Waals surface area (Å²) in [5.41, 5.74) is 11.3. The fraction of sp³-hybridized carbons (Fsp3) is 0.395. The third-order valence-corrected chi connectivity index (χ3v) is 14.3. The maximum atomic E-state index is 14.1. The van der Waals surface area contributed by atoms with Crippen LogP contribution in [0.4, 0.5) is 5.69 Å². The summed E-state index contributed by atoms with van der Waals surface area (Å²) < 4.78 is 35.9. The number of carbonyl (C=O) groups excluding carboxylic acids is 2. The second kappa shape index (κ2) is 12.6. The highest BCUT2D eigenvalue weighted by Gasteiger charge is 2.52. The monoisotopic (exact) mass is 720 g/mol. The van der Waals surface area contributed by atoms with E-state index in [1.165, 1.54) is 22.8 Å². The van der Waals surface area contributed by atoms with Crippen molar-refractivity contribution in [2.75, 3.05) is 12.3 Å². The lowest BCUT2D eigenvalue weighted by Crippen LogP contribution is -2.54. The smallest absolute Gasteiger partial charge is 0.224 e. The zero-order valence-corrected chi connectivity index (χ0v) is 31.6. The summed E-state index contributed by atoms with van der Waals surface area (Å²) in [5.74, 6) is -0.375. The van der Waals surface area contributed by atoms with Crippen molar-refractivity contribution >= 4 is 27.3 Å². The van der Waals surface area contributed by atoms with Gasteiger partial charge in [0.1, 0.15) is 16.3 Å². The number of phenols is 1. The highest BCUT2D eigenvalue weighted by atomic mass is 32.2. The molecule has 0 amide bonds. The summed E-state index contributed by atoms with van der Waals surface area (Å²) in [4.78, 5) is 26.8. The maximum Gasteiger partial charge on any atom is 0.224 e. The van der Waals surface area contributed by atoms with Crippen LogP contribution in [0.3, 0.4) is 0 Å². The van der Waals surface area contributed by atoms with Crippen LogP contribution in [-0.4, -0.2) is 36.4 Å². The quantitative estimate of drug-likeness (QED) is 0.130. The molecule has 3 aromatic carbocycles. The lowest BCUT2D eigenvalue weighted by atomic mass is 9.50. The van der Waals surface area contributed by atoms with Crippen molar-refractivity contribution < 1.29 is 27.9 Å². The molecule has 4 unspecified atom stereocenters. The van der Waals surface area contributed by atoms with Crippen molar-refractivity contribution in [2.24, 2.45) is 11.3 Å². The van der Waals surface area contributed by atoms with E-state index in [4.69, 9.17) is 10.5 Å². The van der Waals surface area contributed by atoms with Gasteiger partial charge in [-0.1, -0.05) is 88.2 Å². The number of benzene rings is 3. The SMILES string of the molecule is Cc1ccc2c(c1)C(=O)c1c(O)cc(OC3=CC=CC(C)(S(=O)(=O)NCC4(C)CCCC5(C)c6ccc(C(C)C)cc6CCC45)C=C3)c(N)c1C2=O. The van der Waals surface area contributed by atoms with Crippen LogP contribution in [0.2, 0.25) is 0 Å². The van der Waals surface area contributed by atoms with Gasteiger partial charge in [0.05, 0.1) is 16.8 Å². The molecule has 7 rings (SSSR count). The Hall–Kier alpha value is -4.47. The van der Waals surface area contributed by atoms with E-state index >= 15 is 0 Å².